The monoisotopic (exact) mass is 269 g/mol. The van der Waals surface area contributed by atoms with Gasteiger partial charge in [-0.2, -0.15) is 0 Å². The van der Waals surface area contributed by atoms with Gasteiger partial charge in [0.25, 0.3) is 0 Å². The number of rotatable bonds is 5. The normalized spacial score (nSPS) is 22.2. The molecule has 2 aliphatic carbocycles. The molecule has 0 aliphatic heterocycles. The fraction of sp³-hybridized carbons (Fsp3) is 0.579. The lowest BCUT2D eigenvalue weighted by molar-refractivity contribution is 0.506. The van der Waals surface area contributed by atoms with Crippen LogP contribution in [0.25, 0.3) is 0 Å². The van der Waals surface area contributed by atoms with Crippen LogP contribution < -0.4 is 5.32 Å². The molecule has 0 aromatic heterocycles. The van der Waals surface area contributed by atoms with E-state index in [1.165, 1.54) is 51.4 Å². The van der Waals surface area contributed by atoms with Crippen molar-refractivity contribution < 1.29 is 0 Å². The second-order valence-electron chi connectivity index (χ2n) is 6.35. The van der Waals surface area contributed by atoms with Crippen molar-refractivity contribution in [1.82, 2.24) is 5.32 Å². The Morgan fingerprint density at radius 2 is 2.00 bits per heavy atom. The van der Waals surface area contributed by atoms with Crippen LogP contribution in [0.2, 0.25) is 0 Å². The number of allylic oxidation sites excluding steroid dienone is 1. The molecule has 0 fully saturated rings. The fourth-order valence-corrected chi connectivity index (χ4v) is 3.72. The molecule has 1 aromatic rings. The van der Waals surface area contributed by atoms with Gasteiger partial charge in [0.05, 0.1) is 0 Å². The lowest BCUT2D eigenvalue weighted by atomic mass is 9.83. The second kappa shape index (κ2) is 7.08. The zero-order valence-corrected chi connectivity index (χ0v) is 12.5. The predicted molar refractivity (Wildman–Crippen MR) is 86.2 cm³/mol. The number of nitrogens with one attached hydrogen (secondary N) is 1. The van der Waals surface area contributed by atoms with Crippen LogP contribution in [-0.2, 0) is 6.42 Å². The molecule has 0 amide bonds. The van der Waals surface area contributed by atoms with Crippen molar-refractivity contribution >= 4 is 0 Å². The Kier molecular flexibility index (Phi) is 4.91. The molecule has 0 bridgehead atoms. The summed E-state index contributed by atoms with van der Waals surface area (Å²) in [5, 5.41) is 3.70. The average Bonchev–Trinajstić information content (AvgIpc) is 2.53. The van der Waals surface area contributed by atoms with Gasteiger partial charge in [0.15, 0.2) is 0 Å². The second-order valence-corrected chi connectivity index (χ2v) is 6.35. The summed E-state index contributed by atoms with van der Waals surface area (Å²) in [6.45, 7) is 2.31. The summed E-state index contributed by atoms with van der Waals surface area (Å²) in [4.78, 5) is 0. The van der Waals surface area contributed by atoms with Crippen LogP contribution >= 0.6 is 0 Å². The SMILES string of the molecule is C1=C(CCNCC2CCCc3ccccc32)CCCC1. The molecule has 1 N–H and O–H groups in total. The van der Waals surface area contributed by atoms with Gasteiger partial charge in [-0.15, -0.1) is 0 Å². The lowest BCUT2D eigenvalue weighted by Crippen LogP contribution is -2.25. The maximum Gasteiger partial charge on any atom is 0.00203 e. The molecule has 0 saturated heterocycles. The van der Waals surface area contributed by atoms with Crippen molar-refractivity contribution in [2.75, 3.05) is 13.1 Å². The highest BCUT2D eigenvalue weighted by Gasteiger charge is 2.18. The summed E-state index contributed by atoms with van der Waals surface area (Å²) in [5.41, 5.74) is 4.87. The van der Waals surface area contributed by atoms with E-state index in [2.05, 4.69) is 35.7 Å². The van der Waals surface area contributed by atoms with Crippen LogP contribution in [0.4, 0.5) is 0 Å². The van der Waals surface area contributed by atoms with Gasteiger partial charge < -0.3 is 5.32 Å². The Morgan fingerprint density at radius 1 is 1.05 bits per heavy atom. The van der Waals surface area contributed by atoms with Gasteiger partial charge >= 0.3 is 0 Å². The van der Waals surface area contributed by atoms with Crippen LogP contribution in [0, 0.1) is 0 Å². The van der Waals surface area contributed by atoms with E-state index in [0.29, 0.717) is 0 Å². The highest BCUT2D eigenvalue weighted by molar-refractivity contribution is 5.32. The third-order valence-electron chi connectivity index (χ3n) is 4.89. The summed E-state index contributed by atoms with van der Waals surface area (Å²) in [6.07, 6.45) is 13.2. The van der Waals surface area contributed by atoms with Crippen molar-refractivity contribution in [3.63, 3.8) is 0 Å². The number of hydrogen-bond donors (Lipinski definition) is 1. The first-order valence-corrected chi connectivity index (χ1v) is 8.40. The van der Waals surface area contributed by atoms with E-state index in [4.69, 9.17) is 0 Å². The molecule has 2 aliphatic rings. The minimum Gasteiger partial charge on any atom is -0.316 e. The Balaban J connectivity index is 1.46. The Hall–Kier alpha value is -1.08. The van der Waals surface area contributed by atoms with Gasteiger partial charge in [0.2, 0.25) is 0 Å². The highest BCUT2D eigenvalue weighted by atomic mass is 14.9. The summed E-state index contributed by atoms with van der Waals surface area (Å²) >= 11 is 0. The molecule has 1 unspecified atom stereocenters. The number of hydrogen-bond acceptors (Lipinski definition) is 1. The molecule has 1 heteroatoms. The summed E-state index contributed by atoms with van der Waals surface area (Å²) in [5.74, 6) is 0.736. The largest absolute Gasteiger partial charge is 0.316 e. The molecular formula is C19H27N. The van der Waals surface area contributed by atoms with Crippen LogP contribution in [0.15, 0.2) is 35.9 Å². The number of fused-ring (bicyclic) bond motifs is 1. The van der Waals surface area contributed by atoms with Crippen molar-refractivity contribution in [2.24, 2.45) is 0 Å². The van der Waals surface area contributed by atoms with E-state index in [-0.39, 0.29) is 0 Å². The van der Waals surface area contributed by atoms with E-state index in [1.54, 1.807) is 16.7 Å². The molecule has 1 aromatic carbocycles. The Labute approximate surface area is 123 Å². The van der Waals surface area contributed by atoms with E-state index in [9.17, 15) is 0 Å². The highest BCUT2D eigenvalue weighted by Crippen LogP contribution is 2.30. The first-order chi connectivity index (χ1) is 9.93. The average molecular weight is 269 g/mol. The van der Waals surface area contributed by atoms with E-state index in [0.717, 1.165) is 19.0 Å². The first kappa shape index (κ1) is 13.9. The Bertz CT molecular complexity index is 461. The van der Waals surface area contributed by atoms with Crippen molar-refractivity contribution in [1.29, 1.82) is 0 Å². The molecule has 0 radical (unpaired) electrons. The topological polar surface area (TPSA) is 12.0 Å². The van der Waals surface area contributed by atoms with Gasteiger partial charge in [-0.25, -0.2) is 0 Å². The van der Waals surface area contributed by atoms with Crippen molar-refractivity contribution in [3.05, 3.63) is 47.0 Å². The standard InChI is InChI=1S/C19H27N/c1-2-7-16(8-3-1)13-14-20-15-18-11-6-10-17-9-4-5-12-19(17)18/h4-5,7,9,12,18,20H,1-3,6,8,10-11,13-15H2. The van der Waals surface area contributed by atoms with Gasteiger partial charge in [-0.1, -0.05) is 35.9 Å². The van der Waals surface area contributed by atoms with Gasteiger partial charge in [-0.3, -0.25) is 0 Å². The van der Waals surface area contributed by atoms with E-state index < -0.39 is 0 Å². The van der Waals surface area contributed by atoms with E-state index in [1.807, 2.05) is 0 Å². The minimum absolute atomic E-state index is 0.736. The molecule has 0 heterocycles. The summed E-state index contributed by atoms with van der Waals surface area (Å²) in [7, 11) is 0. The molecule has 0 spiro atoms. The zero-order chi connectivity index (χ0) is 13.6. The van der Waals surface area contributed by atoms with Crippen molar-refractivity contribution in [2.45, 2.75) is 57.3 Å². The van der Waals surface area contributed by atoms with Crippen LogP contribution in [-0.4, -0.2) is 13.1 Å². The number of aryl methyl sites for hydroxylation is 1. The Morgan fingerprint density at radius 3 is 2.90 bits per heavy atom. The third-order valence-corrected chi connectivity index (χ3v) is 4.89. The van der Waals surface area contributed by atoms with Crippen molar-refractivity contribution in [3.8, 4) is 0 Å². The molecule has 0 saturated carbocycles. The van der Waals surface area contributed by atoms with Gasteiger partial charge in [0.1, 0.15) is 0 Å². The third kappa shape index (κ3) is 3.52. The van der Waals surface area contributed by atoms with Crippen LogP contribution in [0.5, 0.6) is 0 Å². The summed E-state index contributed by atoms with van der Waals surface area (Å²) < 4.78 is 0. The number of benzene rings is 1. The maximum atomic E-state index is 3.70. The molecule has 3 rings (SSSR count). The quantitative estimate of drug-likeness (QED) is 0.609. The molecule has 108 valence electrons. The fourth-order valence-electron chi connectivity index (χ4n) is 3.72. The zero-order valence-electron chi connectivity index (χ0n) is 12.5. The molecule has 20 heavy (non-hydrogen) atoms. The smallest absolute Gasteiger partial charge is 0.00203 e. The first-order valence-electron chi connectivity index (χ1n) is 8.40. The van der Waals surface area contributed by atoms with Gasteiger partial charge in [-0.05, 0) is 75.0 Å². The van der Waals surface area contributed by atoms with Gasteiger partial charge in [0, 0.05) is 6.54 Å². The van der Waals surface area contributed by atoms with Crippen LogP contribution in [0.1, 0.15) is 62.0 Å². The van der Waals surface area contributed by atoms with E-state index >= 15 is 0 Å². The summed E-state index contributed by atoms with van der Waals surface area (Å²) in [6, 6.07) is 9.03. The molecular weight excluding hydrogens is 242 g/mol. The minimum atomic E-state index is 0.736. The van der Waals surface area contributed by atoms with Crippen LogP contribution in [0.3, 0.4) is 0 Å². The lowest BCUT2D eigenvalue weighted by Gasteiger charge is -2.26. The predicted octanol–water partition coefficient (Wildman–Crippen LogP) is 4.59. The maximum absolute atomic E-state index is 3.70. The molecule has 1 nitrogen and oxygen atoms in total. The molecule has 1 atom stereocenters.